The molecule has 2 nitrogen and oxygen atoms in total. The van der Waals surface area contributed by atoms with Gasteiger partial charge >= 0.3 is 0 Å². The summed E-state index contributed by atoms with van der Waals surface area (Å²) in [6.45, 7) is 0. The molecule has 0 saturated heterocycles. The van der Waals surface area contributed by atoms with E-state index in [9.17, 15) is 0 Å². The zero-order valence-corrected chi connectivity index (χ0v) is 27.8. The van der Waals surface area contributed by atoms with E-state index in [1.54, 1.807) is 0 Å². The van der Waals surface area contributed by atoms with Crippen LogP contribution in [-0.4, -0.2) is 4.57 Å². The molecule has 2 heteroatoms. The molecular formula is C49H31NO. The summed E-state index contributed by atoms with van der Waals surface area (Å²) in [6, 6.07) is 68.2. The fourth-order valence-electron chi connectivity index (χ4n) is 8.99. The summed E-state index contributed by atoms with van der Waals surface area (Å²) in [5, 5.41) is 2.53. The molecule has 1 aliphatic heterocycles. The Morgan fingerprint density at radius 2 is 0.941 bits per heavy atom. The van der Waals surface area contributed by atoms with Crippen LogP contribution in [0.3, 0.4) is 0 Å². The van der Waals surface area contributed by atoms with Crippen LogP contribution in [0.2, 0.25) is 0 Å². The van der Waals surface area contributed by atoms with Crippen LogP contribution in [0.5, 0.6) is 11.5 Å². The highest BCUT2D eigenvalue weighted by Crippen LogP contribution is 2.62. The van der Waals surface area contributed by atoms with E-state index in [0.717, 1.165) is 11.5 Å². The SMILES string of the molecule is c1ccc(-n2c3ccccc3c3c(-c4ccc(-c5ccc6c(c5)C5(c7ccccc7O6)c6ccccc6-c6ccccc65)cc4)cccc32)cc1. The van der Waals surface area contributed by atoms with Gasteiger partial charge in [-0.2, -0.15) is 0 Å². The van der Waals surface area contributed by atoms with E-state index in [1.165, 1.54) is 83.1 Å². The first-order valence-electron chi connectivity index (χ1n) is 17.6. The molecule has 0 unspecified atom stereocenters. The Bertz CT molecular complexity index is 2780. The molecule has 9 aromatic rings. The monoisotopic (exact) mass is 649 g/mol. The third-order valence-electron chi connectivity index (χ3n) is 11.1. The largest absolute Gasteiger partial charge is 0.457 e. The van der Waals surface area contributed by atoms with Gasteiger partial charge in [0.1, 0.15) is 11.5 Å². The van der Waals surface area contributed by atoms with E-state index >= 15 is 0 Å². The van der Waals surface area contributed by atoms with Crippen molar-refractivity contribution in [3.63, 3.8) is 0 Å². The molecule has 11 rings (SSSR count). The van der Waals surface area contributed by atoms with E-state index in [2.05, 4.69) is 193 Å². The molecule has 1 aromatic heterocycles. The molecule has 0 radical (unpaired) electrons. The lowest BCUT2D eigenvalue weighted by Crippen LogP contribution is -2.32. The molecule has 51 heavy (non-hydrogen) atoms. The highest BCUT2D eigenvalue weighted by Gasteiger charge is 2.50. The topological polar surface area (TPSA) is 14.2 Å². The third kappa shape index (κ3) is 3.87. The van der Waals surface area contributed by atoms with Crippen molar-refractivity contribution >= 4 is 21.8 Å². The van der Waals surface area contributed by atoms with E-state index in [4.69, 9.17) is 4.74 Å². The summed E-state index contributed by atoms with van der Waals surface area (Å²) < 4.78 is 9.05. The summed E-state index contributed by atoms with van der Waals surface area (Å²) in [7, 11) is 0. The Morgan fingerprint density at radius 1 is 0.373 bits per heavy atom. The first kappa shape index (κ1) is 28.2. The van der Waals surface area contributed by atoms with Crippen molar-refractivity contribution in [2.24, 2.45) is 0 Å². The zero-order chi connectivity index (χ0) is 33.5. The van der Waals surface area contributed by atoms with Gasteiger partial charge in [-0.25, -0.2) is 0 Å². The van der Waals surface area contributed by atoms with Gasteiger partial charge in [0.2, 0.25) is 0 Å². The Kier molecular flexibility index (Phi) is 5.91. The molecule has 2 aliphatic rings. The molecule has 0 saturated carbocycles. The van der Waals surface area contributed by atoms with Gasteiger partial charge in [-0.15, -0.1) is 0 Å². The number of nitrogens with zero attached hydrogens (tertiary/aromatic N) is 1. The van der Waals surface area contributed by atoms with Crippen molar-refractivity contribution in [3.8, 4) is 50.6 Å². The number of hydrogen-bond acceptors (Lipinski definition) is 1. The van der Waals surface area contributed by atoms with Gasteiger partial charge in [0.05, 0.1) is 16.4 Å². The van der Waals surface area contributed by atoms with E-state index in [-0.39, 0.29) is 0 Å². The Balaban J connectivity index is 1.07. The third-order valence-corrected chi connectivity index (χ3v) is 11.1. The zero-order valence-electron chi connectivity index (χ0n) is 27.8. The van der Waals surface area contributed by atoms with E-state index < -0.39 is 5.41 Å². The molecule has 1 spiro atoms. The number of benzene rings is 8. The minimum absolute atomic E-state index is 0.476. The molecule has 1 aliphatic carbocycles. The van der Waals surface area contributed by atoms with Crippen molar-refractivity contribution in [3.05, 3.63) is 210 Å². The molecular weight excluding hydrogens is 619 g/mol. The fourth-order valence-corrected chi connectivity index (χ4v) is 8.99. The van der Waals surface area contributed by atoms with Crippen LogP contribution in [0.25, 0.3) is 60.9 Å². The van der Waals surface area contributed by atoms with Gasteiger partial charge in [-0.05, 0) is 87.0 Å². The normalized spacial score (nSPS) is 13.4. The van der Waals surface area contributed by atoms with Crippen molar-refractivity contribution < 1.29 is 4.74 Å². The maximum absolute atomic E-state index is 6.67. The molecule has 0 atom stereocenters. The summed E-state index contributed by atoms with van der Waals surface area (Å²) in [5.41, 5.74) is 15.4. The lowest BCUT2D eigenvalue weighted by Gasteiger charge is -2.39. The molecule has 0 amide bonds. The molecule has 2 heterocycles. The van der Waals surface area contributed by atoms with E-state index in [1.807, 2.05) is 0 Å². The van der Waals surface area contributed by atoms with Crippen LogP contribution >= 0.6 is 0 Å². The van der Waals surface area contributed by atoms with Crippen molar-refractivity contribution in [1.29, 1.82) is 0 Å². The molecule has 0 fully saturated rings. The molecule has 238 valence electrons. The lowest BCUT2D eigenvalue weighted by molar-refractivity contribution is 0.436. The van der Waals surface area contributed by atoms with E-state index in [0.29, 0.717) is 0 Å². The first-order chi connectivity index (χ1) is 25.3. The van der Waals surface area contributed by atoms with Gasteiger partial charge in [-0.3, -0.25) is 0 Å². The Labute approximate surface area is 296 Å². The second kappa shape index (κ2) is 10.7. The summed E-state index contributed by atoms with van der Waals surface area (Å²) >= 11 is 0. The minimum Gasteiger partial charge on any atom is -0.457 e. The average molecular weight is 650 g/mol. The molecule has 0 bridgehead atoms. The van der Waals surface area contributed by atoms with Crippen molar-refractivity contribution in [2.45, 2.75) is 5.41 Å². The summed E-state index contributed by atoms with van der Waals surface area (Å²) in [5.74, 6) is 1.82. The van der Waals surface area contributed by atoms with Crippen LogP contribution in [0.15, 0.2) is 188 Å². The van der Waals surface area contributed by atoms with Crippen LogP contribution in [-0.2, 0) is 5.41 Å². The van der Waals surface area contributed by atoms with Crippen LogP contribution in [0.4, 0.5) is 0 Å². The number of ether oxygens (including phenoxy) is 1. The van der Waals surface area contributed by atoms with Crippen molar-refractivity contribution in [2.75, 3.05) is 0 Å². The number of para-hydroxylation sites is 3. The summed E-state index contributed by atoms with van der Waals surface area (Å²) in [4.78, 5) is 0. The predicted molar refractivity (Wildman–Crippen MR) is 209 cm³/mol. The maximum Gasteiger partial charge on any atom is 0.132 e. The van der Waals surface area contributed by atoms with Gasteiger partial charge < -0.3 is 9.30 Å². The highest BCUT2D eigenvalue weighted by atomic mass is 16.5. The standard InChI is InChI=1S/C49H31NO/c1-2-13-35(14-3-1)50-44-22-10-6-17-39(44)48-36(18-12-23-45(48)50)33-27-25-32(26-28-33)34-29-30-47-43(31-34)49(42-21-9-11-24-46(42)51-47)40-19-7-4-15-37(40)38-16-5-8-20-41(38)49/h1-31H. The van der Waals surface area contributed by atoms with Gasteiger partial charge in [0.25, 0.3) is 0 Å². The Morgan fingerprint density at radius 3 is 1.73 bits per heavy atom. The number of hydrogen-bond donors (Lipinski definition) is 0. The Hall–Kier alpha value is -6.64. The van der Waals surface area contributed by atoms with Gasteiger partial charge in [0.15, 0.2) is 0 Å². The van der Waals surface area contributed by atoms with Crippen LogP contribution in [0, 0.1) is 0 Å². The molecule has 8 aromatic carbocycles. The quantitative estimate of drug-likeness (QED) is 0.186. The highest BCUT2D eigenvalue weighted by molar-refractivity contribution is 6.15. The second-order valence-electron chi connectivity index (χ2n) is 13.6. The fraction of sp³-hybridized carbons (Fsp3) is 0.0204. The number of rotatable bonds is 3. The first-order valence-corrected chi connectivity index (χ1v) is 17.6. The van der Waals surface area contributed by atoms with Gasteiger partial charge in [-0.1, -0.05) is 146 Å². The second-order valence-corrected chi connectivity index (χ2v) is 13.6. The molecule has 0 N–H and O–H groups in total. The van der Waals surface area contributed by atoms with Crippen LogP contribution < -0.4 is 4.74 Å². The minimum atomic E-state index is -0.476. The lowest BCUT2D eigenvalue weighted by atomic mass is 9.66. The van der Waals surface area contributed by atoms with Crippen LogP contribution in [0.1, 0.15) is 22.3 Å². The maximum atomic E-state index is 6.67. The summed E-state index contributed by atoms with van der Waals surface area (Å²) in [6.07, 6.45) is 0. The average Bonchev–Trinajstić information content (AvgIpc) is 3.70. The predicted octanol–water partition coefficient (Wildman–Crippen LogP) is 12.6. The smallest absolute Gasteiger partial charge is 0.132 e. The number of fused-ring (bicyclic) bond motifs is 12. The van der Waals surface area contributed by atoms with Gasteiger partial charge in [0, 0.05) is 27.6 Å². The number of aromatic nitrogens is 1. The van der Waals surface area contributed by atoms with Crippen molar-refractivity contribution in [1.82, 2.24) is 4.57 Å².